The van der Waals surface area contributed by atoms with E-state index in [1.54, 1.807) is 0 Å². The maximum Gasteiger partial charge on any atom is 0.339 e. The summed E-state index contributed by atoms with van der Waals surface area (Å²) >= 11 is 0. The standard InChI is InChI=1S/C65H70O6/c1-5-6-7-8-9-36-69-57(66)33-16-39(2)53-31-32-54-52-30-25-46-37-47(70-62(67)50-28-23-44-19-17-40-12-10-14-42-21-26-48(50)60(44)58(40)42)34-35-64(46,3)55(52)38-56(65(53,54)4)71-63(68)51-29-24-45-20-18-41-13-11-15-43-22-27-49(51)61(45)59(41)43/h10-15,17-24,26-29,39,46-47,52-56H,5-9,16,25,30-38H2,1-4H3/t39-,46-,47-,52+,53-,54+,55+,56+,64+,65-/m1/s1. The first-order valence-electron chi connectivity index (χ1n) is 27.5. The van der Waals surface area contributed by atoms with Crippen LogP contribution in [-0.4, -0.2) is 36.7 Å². The van der Waals surface area contributed by atoms with Crippen LogP contribution in [0.2, 0.25) is 0 Å². The number of esters is 3. The van der Waals surface area contributed by atoms with Gasteiger partial charge in [0, 0.05) is 11.8 Å². The summed E-state index contributed by atoms with van der Waals surface area (Å²) in [4.78, 5) is 42.5. The van der Waals surface area contributed by atoms with Gasteiger partial charge in [-0.15, -0.1) is 0 Å². The Morgan fingerprint density at radius 3 is 1.77 bits per heavy atom. The lowest BCUT2D eigenvalue weighted by molar-refractivity contribution is -0.176. The van der Waals surface area contributed by atoms with Crippen molar-refractivity contribution >= 4 is 82.5 Å². The number of ether oxygens (including phenoxy) is 3. The average Bonchev–Trinajstić information content (AvgIpc) is 3.76. The molecule has 0 amide bonds. The van der Waals surface area contributed by atoms with Crippen LogP contribution in [0.1, 0.15) is 145 Å². The third-order valence-electron chi connectivity index (χ3n) is 19.8. The van der Waals surface area contributed by atoms with E-state index in [2.05, 4.69) is 125 Å². The van der Waals surface area contributed by atoms with Crippen molar-refractivity contribution in [3.8, 4) is 0 Å². The number of hydrogen-bond donors (Lipinski definition) is 0. The smallest absolute Gasteiger partial charge is 0.339 e. The van der Waals surface area contributed by atoms with Gasteiger partial charge in [0.25, 0.3) is 0 Å². The van der Waals surface area contributed by atoms with Crippen LogP contribution >= 0.6 is 0 Å². The summed E-state index contributed by atoms with van der Waals surface area (Å²) in [6.07, 6.45) is 14.4. The lowest BCUT2D eigenvalue weighted by atomic mass is 9.43. The Kier molecular flexibility index (Phi) is 12.0. The molecule has 6 heteroatoms. The van der Waals surface area contributed by atoms with Crippen molar-refractivity contribution in [2.45, 2.75) is 136 Å². The highest BCUT2D eigenvalue weighted by Gasteiger charge is 2.65. The van der Waals surface area contributed by atoms with Crippen LogP contribution in [-0.2, 0) is 19.0 Å². The number of rotatable bonds is 14. The zero-order valence-electron chi connectivity index (χ0n) is 42.3. The monoisotopic (exact) mass is 947 g/mol. The molecular formula is C65H70O6. The van der Waals surface area contributed by atoms with E-state index in [-0.39, 0.29) is 46.9 Å². The van der Waals surface area contributed by atoms with E-state index >= 15 is 4.79 Å². The fraction of sp³-hybridized carbons (Fsp3) is 0.462. The lowest BCUT2D eigenvalue weighted by Gasteiger charge is -2.62. The number of benzene rings is 8. The van der Waals surface area contributed by atoms with Gasteiger partial charge in [-0.3, -0.25) is 4.79 Å². The summed E-state index contributed by atoms with van der Waals surface area (Å²) in [6, 6.07) is 38.1. The highest BCUT2D eigenvalue weighted by atomic mass is 16.5. The normalized spacial score (nSPS) is 27.8. The summed E-state index contributed by atoms with van der Waals surface area (Å²) in [7, 11) is 0. The second kappa shape index (κ2) is 18.4. The molecule has 0 spiro atoms. The van der Waals surface area contributed by atoms with Crippen molar-refractivity contribution in [2.75, 3.05) is 6.61 Å². The van der Waals surface area contributed by atoms with Gasteiger partial charge in [-0.25, -0.2) is 9.59 Å². The van der Waals surface area contributed by atoms with Crippen LogP contribution < -0.4 is 0 Å². The molecule has 8 aromatic carbocycles. The molecule has 0 bridgehead atoms. The third-order valence-corrected chi connectivity index (χ3v) is 19.8. The lowest BCUT2D eigenvalue weighted by Crippen LogP contribution is -2.59. The molecule has 0 heterocycles. The van der Waals surface area contributed by atoms with Crippen LogP contribution in [0.15, 0.2) is 109 Å². The second-order valence-electron chi connectivity index (χ2n) is 23.2. The number of carbonyl (C=O) groups is 3. The number of carbonyl (C=O) groups excluding carboxylic acids is 3. The summed E-state index contributed by atoms with van der Waals surface area (Å²) < 4.78 is 19.5. The minimum atomic E-state index is -0.273. The van der Waals surface area contributed by atoms with Gasteiger partial charge in [0.1, 0.15) is 12.2 Å². The van der Waals surface area contributed by atoms with Gasteiger partial charge in [-0.1, -0.05) is 150 Å². The van der Waals surface area contributed by atoms with E-state index in [1.807, 2.05) is 12.1 Å². The minimum Gasteiger partial charge on any atom is -0.466 e. The molecule has 4 aliphatic carbocycles. The molecule has 0 unspecified atom stereocenters. The summed E-state index contributed by atoms with van der Waals surface area (Å²) in [5.74, 6) is 1.78. The van der Waals surface area contributed by atoms with Crippen molar-refractivity contribution in [3.63, 3.8) is 0 Å². The predicted molar refractivity (Wildman–Crippen MR) is 287 cm³/mol. The molecule has 12 rings (SSSR count). The Hall–Kier alpha value is -5.75. The summed E-state index contributed by atoms with van der Waals surface area (Å²) in [5, 5.41) is 13.6. The van der Waals surface area contributed by atoms with Crippen molar-refractivity contribution < 1.29 is 28.6 Å². The van der Waals surface area contributed by atoms with Gasteiger partial charge in [0.2, 0.25) is 0 Å². The molecule has 4 saturated carbocycles. The van der Waals surface area contributed by atoms with Gasteiger partial charge in [-0.05, 0) is 182 Å². The zero-order valence-corrected chi connectivity index (χ0v) is 42.3. The zero-order chi connectivity index (χ0) is 48.6. The first kappa shape index (κ1) is 46.3. The summed E-state index contributed by atoms with van der Waals surface area (Å²) in [6.45, 7) is 10.1. The Bertz CT molecular complexity index is 3270. The number of unbranched alkanes of at least 4 members (excludes halogenated alkanes) is 4. The molecule has 0 radical (unpaired) electrons. The fourth-order valence-electron chi connectivity index (χ4n) is 16.1. The Morgan fingerprint density at radius 2 is 1.15 bits per heavy atom. The highest BCUT2D eigenvalue weighted by Crippen LogP contribution is 2.69. The van der Waals surface area contributed by atoms with Crippen LogP contribution in [0.3, 0.4) is 0 Å². The molecule has 6 nitrogen and oxygen atoms in total. The molecule has 71 heavy (non-hydrogen) atoms. The fourth-order valence-corrected chi connectivity index (χ4v) is 16.1. The number of hydrogen-bond acceptors (Lipinski definition) is 6. The number of fused-ring (bicyclic) bond motifs is 5. The van der Waals surface area contributed by atoms with E-state index in [9.17, 15) is 9.59 Å². The summed E-state index contributed by atoms with van der Waals surface area (Å²) in [5.41, 5.74) is 1.08. The second-order valence-corrected chi connectivity index (χ2v) is 23.2. The molecule has 0 saturated heterocycles. The van der Waals surface area contributed by atoms with Crippen LogP contribution in [0.25, 0.3) is 64.6 Å². The molecule has 0 aromatic heterocycles. The topological polar surface area (TPSA) is 78.9 Å². The van der Waals surface area contributed by atoms with Crippen LogP contribution in [0.4, 0.5) is 0 Å². The first-order chi connectivity index (χ1) is 34.5. The highest BCUT2D eigenvalue weighted by molar-refractivity contribution is 6.27. The molecule has 8 aromatic rings. The van der Waals surface area contributed by atoms with E-state index < -0.39 is 0 Å². The SMILES string of the molecule is CCCCCCCOC(=O)CC[C@@H](C)[C@H]1CC[C@H]2[C@@H]3CC[C@@H]4C[C@H](OC(=O)c5ccc6ccc7cccc8ccc5c6c78)CC[C@]4(C)[C@H]3C[C@H](OC(=O)c3ccc4ccc5cccc6ccc3c4c56)[C@]12C. The van der Waals surface area contributed by atoms with E-state index in [0.29, 0.717) is 53.7 Å². The largest absolute Gasteiger partial charge is 0.466 e. The maximum absolute atomic E-state index is 15.1. The van der Waals surface area contributed by atoms with Gasteiger partial charge in [-0.2, -0.15) is 0 Å². The van der Waals surface area contributed by atoms with Gasteiger partial charge >= 0.3 is 17.9 Å². The van der Waals surface area contributed by atoms with E-state index in [0.717, 1.165) is 103 Å². The Balaban J connectivity index is 0.809. The van der Waals surface area contributed by atoms with Crippen molar-refractivity contribution in [3.05, 3.63) is 120 Å². The molecule has 4 fully saturated rings. The van der Waals surface area contributed by atoms with Crippen molar-refractivity contribution in [2.24, 2.45) is 46.3 Å². The van der Waals surface area contributed by atoms with Gasteiger partial charge in [0.05, 0.1) is 17.7 Å². The van der Waals surface area contributed by atoms with Gasteiger partial charge in [0.15, 0.2) is 0 Å². The van der Waals surface area contributed by atoms with E-state index in [4.69, 9.17) is 14.2 Å². The van der Waals surface area contributed by atoms with Gasteiger partial charge < -0.3 is 14.2 Å². The van der Waals surface area contributed by atoms with Crippen molar-refractivity contribution in [1.29, 1.82) is 0 Å². The van der Waals surface area contributed by atoms with E-state index in [1.165, 1.54) is 51.6 Å². The molecule has 4 aliphatic rings. The molecule has 0 aliphatic heterocycles. The Morgan fingerprint density at radius 1 is 0.592 bits per heavy atom. The first-order valence-corrected chi connectivity index (χ1v) is 27.5. The van der Waals surface area contributed by atoms with Crippen molar-refractivity contribution in [1.82, 2.24) is 0 Å². The molecule has 10 atom stereocenters. The van der Waals surface area contributed by atoms with Crippen LogP contribution in [0.5, 0.6) is 0 Å². The average molecular weight is 947 g/mol. The van der Waals surface area contributed by atoms with Crippen LogP contribution in [0, 0.1) is 46.3 Å². The third kappa shape index (κ3) is 7.75. The molecule has 0 N–H and O–H groups in total. The predicted octanol–water partition coefficient (Wildman–Crippen LogP) is 16.4. The maximum atomic E-state index is 15.1. The Labute approximate surface area is 418 Å². The quantitative estimate of drug-likeness (QED) is 0.0468. The molecule has 366 valence electrons. The minimum absolute atomic E-state index is 0.0296. The molecular weight excluding hydrogens is 877 g/mol.